The van der Waals surface area contributed by atoms with Gasteiger partial charge in [-0.25, -0.2) is 16.8 Å². The Morgan fingerprint density at radius 2 is 1.67 bits per heavy atom. The van der Waals surface area contributed by atoms with E-state index in [0.29, 0.717) is 24.5 Å². The van der Waals surface area contributed by atoms with Gasteiger partial charge in [0.2, 0.25) is 10.0 Å². The van der Waals surface area contributed by atoms with E-state index in [1.165, 1.54) is 44.5 Å². The average Bonchev–Trinajstić information content (AvgIpc) is 3.06. The summed E-state index contributed by atoms with van der Waals surface area (Å²) in [6.07, 6.45) is 5.00. The predicted octanol–water partition coefficient (Wildman–Crippen LogP) is 2.91. The van der Waals surface area contributed by atoms with Crippen LogP contribution in [0.15, 0.2) is 47.4 Å². The molecule has 0 spiro atoms. The fourth-order valence-electron chi connectivity index (χ4n) is 3.64. The molecule has 1 fully saturated rings. The van der Waals surface area contributed by atoms with Crippen LogP contribution in [0.5, 0.6) is 5.75 Å². The predicted molar refractivity (Wildman–Crippen MR) is 128 cm³/mol. The summed E-state index contributed by atoms with van der Waals surface area (Å²) in [6.45, 7) is 1.25. The minimum absolute atomic E-state index is 0.0941. The number of methoxy groups -OCH3 is 1. The van der Waals surface area contributed by atoms with E-state index in [1.807, 2.05) is 0 Å². The number of nitrogens with one attached hydrogen (secondary N) is 1. The van der Waals surface area contributed by atoms with Gasteiger partial charge in [-0.1, -0.05) is 18.9 Å². The maximum absolute atomic E-state index is 13.2. The lowest BCUT2D eigenvalue weighted by Crippen LogP contribution is -2.32. The highest BCUT2D eigenvalue weighted by atomic mass is 32.2. The molecule has 2 aromatic carbocycles. The molecule has 0 unspecified atom stereocenters. The van der Waals surface area contributed by atoms with Gasteiger partial charge in [0.1, 0.15) is 5.75 Å². The van der Waals surface area contributed by atoms with E-state index in [9.17, 15) is 21.6 Å². The van der Waals surface area contributed by atoms with Crippen LogP contribution in [0.4, 0.5) is 11.4 Å². The monoisotopic (exact) mass is 495 g/mol. The molecule has 2 aromatic rings. The van der Waals surface area contributed by atoms with Crippen molar-refractivity contribution >= 4 is 37.3 Å². The van der Waals surface area contributed by atoms with Crippen LogP contribution in [0.3, 0.4) is 0 Å². The van der Waals surface area contributed by atoms with Crippen molar-refractivity contribution in [3.05, 3.63) is 48.0 Å². The topological polar surface area (TPSA) is 113 Å². The number of carbonyl (C=O) groups is 1. The molecule has 0 radical (unpaired) electrons. The maximum atomic E-state index is 13.2. The Morgan fingerprint density at radius 1 is 1.00 bits per heavy atom. The van der Waals surface area contributed by atoms with Crippen molar-refractivity contribution in [3.8, 4) is 5.75 Å². The Bertz CT molecular complexity index is 1220. The summed E-state index contributed by atoms with van der Waals surface area (Å²) in [5.74, 6) is 0.0440. The molecule has 1 heterocycles. The zero-order valence-corrected chi connectivity index (χ0v) is 20.6. The van der Waals surface area contributed by atoms with Gasteiger partial charge in [0, 0.05) is 20.1 Å². The number of hydrogen-bond acceptors (Lipinski definition) is 6. The zero-order chi connectivity index (χ0) is 24.2. The maximum Gasteiger partial charge on any atom is 0.261 e. The summed E-state index contributed by atoms with van der Waals surface area (Å²) in [5, 5.41) is 0. The first-order chi connectivity index (χ1) is 15.5. The van der Waals surface area contributed by atoms with Crippen molar-refractivity contribution in [3.63, 3.8) is 0 Å². The van der Waals surface area contributed by atoms with Gasteiger partial charge >= 0.3 is 0 Å². The molecule has 9 nitrogen and oxygen atoms in total. The lowest BCUT2D eigenvalue weighted by atomic mass is 10.1. The summed E-state index contributed by atoms with van der Waals surface area (Å²) in [6, 6.07) is 10.2. The normalized spacial score (nSPS) is 14.9. The minimum atomic E-state index is -4.05. The Kier molecular flexibility index (Phi) is 7.53. The van der Waals surface area contributed by atoms with Crippen molar-refractivity contribution in [2.24, 2.45) is 0 Å². The third-order valence-corrected chi connectivity index (χ3v) is 8.15. The second-order valence-corrected chi connectivity index (χ2v) is 11.7. The van der Waals surface area contributed by atoms with E-state index >= 15 is 0 Å². The van der Waals surface area contributed by atoms with E-state index in [0.717, 1.165) is 36.2 Å². The smallest absolute Gasteiger partial charge is 0.261 e. The molecule has 0 aliphatic carbocycles. The second kappa shape index (κ2) is 10.0. The van der Waals surface area contributed by atoms with Gasteiger partial charge < -0.3 is 9.64 Å². The van der Waals surface area contributed by atoms with Gasteiger partial charge in [-0.05, 0) is 49.2 Å². The summed E-state index contributed by atoms with van der Waals surface area (Å²) in [5.41, 5.74) is 0.691. The molecule has 1 aliphatic rings. The van der Waals surface area contributed by atoms with Crippen LogP contribution in [0.25, 0.3) is 0 Å². The molecule has 180 valence electrons. The van der Waals surface area contributed by atoms with E-state index in [2.05, 4.69) is 4.72 Å². The Morgan fingerprint density at radius 3 is 2.27 bits per heavy atom. The molecule has 1 saturated heterocycles. The number of carbonyl (C=O) groups excluding carboxylic acids is 1. The molecule has 0 atom stereocenters. The first-order valence-electron chi connectivity index (χ1n) is 10.6. The van der Waals surface area contributed by atoms with Crippen molar-refractivity contribution in [2.45, 2.75) is 30.6 Å². The van der Waals surface area contributed by atoms with Gasteiger partial charge in [-0.15, -0.1) is 0 Å². The van der Waals surface area contributed by atoms with Crippen molar-refractivity contribution < 1.29 is 26.4 Å². The zero-order valence-electron chi connectivity index (χ0n) is 18.9. The number of likely N-dealkylation sites (tertiary alicyclic amines) is 1. The Hall–Kier alpha value is -2.79. The van der Waals surface area contributed by atoms with Gasteiger partial charge in [0.05, 0.1) is 35.2 Å². The number of hydrogen-bond donors (Lipinski definition) is 1. The molecule has 0 aromatic heterocycles. The second-order valence-electron chi connectivity index (χ2n) is 7.95. The highest BCUT2D eigenvalue weighted by Crippen LogP contribution is 2.27. The number of amides is 1. The Balaban J connectivity index is 1.91. The summed E-state index contributed by atoms with van der Waals surface area (Å²) in [7, 11) is -4.74. The van der Waals surface area contributed by atoms with Crippen LogP contribution in [0.2, 0.25) is 0 Å². The molecule has 11 heteroatoms. The van der Waals surface area contributed by atoms with E-state index in [-0.39, 0.29) is 22.1 Å². The highest BCUT2D eigenvalue weighted by molar-refractivity contribution is 7.92. The third-order valence-electron chi connectivity index (χ3n) is 5.56. The van der Waals surface area contributed by atoms with Crippen LogP contribution in [-0.2, 0) is 20.0 Å². The highest BCUT2D eigenvalue weighted by Gasteiger charge is 2.24. The van der Waals surface area contributed by atoms with Crippen molar-refractivity contribution in [1.82, 2.24) is 4.90 Å². The number of nitrogens with zero attached hydrogens (tertiary/aromatic N) is 2. The number of benzene rings is 2. The van der Waals surface area contributed by atoms with Crippen LogP contribution in [0, 0.1) is 0 Å². The average molecular weight is 496 g/mol. The van der Waals surface area contributed by atoms with E-state index < -0.39 is 20.0 Å². The largest absolute Gasteiger partial charge is 0.496 e. The molecule has 1 amide bonds. The number of sulfonamides is 2. The van der Waals surface area contributed by atoms with Crippen molar-refractivity contribution in [2.75, 3.05) is 42.5 Å². The molecule has 33 heavy (non-hydrogen) atoms. The number of ether oxygens (including phenoxy) is 1. The lowest BCUT2D eigenvalue weighted by molar-refractivity contribution is 0.0758. The fourth-order valence-corrected chi connectivity index (χ4v) is 5.21. The molecular formula is C22H29N3O6S2. The third kappa shape index (κ3) is 5.97. The van der Waals surface area contributed by atoms with E-state index in [4.69, 9.17) is 4.74 Å². The summed E-state index contributed by atoms with van der Waals surface area (Å²) < 4.78 is 58.6. The van der Waals surface area contributed by atoms with Crippen LogP contribution in [0.1, 0.15) is 36.0 Å². The summed E-state index contributed by atoms with van der Waals surface area (Å²) >= 11 is 0. The van der Waals surface area contributed by atoms with Gasteiger partial charge in [-0.2, -0.15) is 0 Å². The minimum Gasteiger partial charge on any atom is -0.496 e. The molecule has 1 aliphatic heterocycles. The van der Waals surface area contributed by atoms with Gasteiger partial charge in [0.15, 0.2) is 0 Å². The first kappa shape index (κ1) is 24.8. The van der Waals surface area contributed by atoms with Gasteiger partial charge in [-0.3, -0.25) is 13.8 Å². The standard InChI is InChI=1S/C22H29N3O6S2/c1-24(32(3,27)28)18-10-8-9-17(15-18)23-33(29,30)19-11-12-21(31-2)20(16-19)22(26)25-13-6-4-5-7-14-25/h8-12,15-16,23H,4-7,13-14H2,1-3H3. The number of anilines is 2. The van der Waals surface area contributed by atoms with Crippen LogP contribution in [-0.4, -0.2) is 61.1 Å². The number of rotatable bonds is 7. The first-order valence-corrected chi connectivity index (χ1v) is 13.9. The van der Waals surface area contributed by atoms with Crippen LogP contribution >= 0.6 is 0 Å². The molecule has 0 saturated carbocycles. The van der Waals surface area contributed by atoms with E-state index in [1.54, 1.807) is 17.0 Å². The van der Waals surface area contributed by atoms with Gasteiger partial charge in [0.25, 0.3) is 15.9 Å². The van der Waals surface area contributed by atoms with Crippen LogP contribution < -0.4 is 13.8 Å². The van der Waals surface area contributed by atoms with Crippen molar-refractivity contribution in [1.29, 1.82) is 0 Å². The lowest BCUT2D eigenvalue weighted by Gasteiger charge is -2.22. The molecule has 0 bridgehead atoms. The molecule has 1 N–H and O–H groups in total. The quantitative estimate of drug-likeness (QED) is 0.632. The SMILES string of the molecule is COc1ccc(S(=O)(=O)Nc2cccc(N(C)S(C)(=O)=O)c2)cc1C(=O)N1CCCCCC1. The fraction of sp³-hybridized carbons (Fsp3) is 0.409. The molecule has 3 rings (SSSR count). The summed E-state index contributed by atoms with van der Waals surface area (Å²) in [4.78, 5) is 14.8. The molecular weight excluding hydrogens is 466 g/mol. The Labute approximate surface area is 195 Å².